The Balaban J connectivity index is 1.82. The number of rotatable bonds is 7. The lowest BCUT2D eigenvalue weighted by atomic mass is 10.3. The highest BCUT2D eigenvalue weighted by Gasteiger charge is 2.15. The van der Waals surface area contributed by atoms with Gasteiger partial charge in [0.05, 0.1) is 23.6 Å². The average Bonchev–Trinajstić information content (AvgIpc) is 2.95. The van der Waals surface area contributed by atoms with Gasteiger partial charge >= 0.3 is 0 Å². The van der Waals surface area contributed by atoms with Crippen molar-refractivity contribution in [3.63, 3.8) is 0 Å². The Hall–Kier alpha value is -2.82. The minimum absolute atomic E-state index is 0.156. The van der Waals surface area contributed by atoms with Crippen LogP contribution in [-0.2, 0) is 11.3 Å². The number of ether oxygens (including phenoxy) is 1. The van der Waals surface area contributed by atoms with Crippen LogP contribution in [0.5, 0.6) is 5.75 Å². The third-order valence-corrected chi connectivity index (χ3v) is 3.72. The molecule has 1 N–H and O–H groups in total. The van der Waals surface area contributed by atoms with Crippen LogP contribution in [0.4, 0.5) is 0 Å². The SMILES string of the molecule is C[C@H](NC=O)c1nc2ccccc2n1CCOc1ccccc1. The van der Waals surface area contributed by atoms with Gasteiger partial charge in [0.1, 0.15) is 18.2 Å². The molecule has 0 saturated heterocycles. The monoisotopic (exact) mass is 309 g/mol. The summed E-state index contributed by atoms with van der Waals surface area (Å²) >= 11 is 0. The van der Waals surface area contributed by atoms with E-state index in [2.05, 4.69) is 14.9 Å². The molecule has 118 valence electrons. The first kappa shape index (κ1) is 15.1. The number of hydrogen-bond acceptors (Lipinski definition) is 3. The zero-order valence-electron chi connectivity index (χ0n) is 13.0. The van der Waals surface area contributed by atoms with Crippen molar-refractivity contribution in [2.45, 2.75) is 19.5 Å². The Kier molecular flexibility index (Phi) is 4.57. The lowest BCUT2D eigenvalue weighted by molar-refractivity contribution is -0.110. The number of amides is 1. The Labute approximate surface area is 134 Å². The third-order valence-electron chi connectivity index (χ3n) is 3.72. The zero-order valence-corrected chi connectivity index (χ0v) is 13.0. The van der Waals surface area contributed by atoms with Gasteiger partial charge in [-0.2, -0.15) is 0 Å². The molecule has 1 heterocycles. The van der Waals surface area contributed by atoms with E-state index >= 15 is 0 Å². The number of carbonyl (C=O) groups excluding carboxylic acids is 1. The molecule has 2 aromatic carbocycles. The molecule has 3 rings (SSSR count). The fourth-order valence-electron chi connectivity index (χ4n) is 2.61. The van der Waals surface area contributed by atoms with Gasteiger partial charge < -0.3 is 14.6 Å². The third kappa shape index (κ3) is 3.34. The summed E-state index contributed by atoms with van der Waals surface area (Å²) in [5.41, 5.74) is 1.96. The van der Waals surface area contributed by atoms with Crippen molar-refractivity contribution in [1.82, 2.24) is 14.9 Å². The molecule has 0 aliphatic carbocycles. The second-order valence-electron chi connectivity index (χ2n) is 5.28. The number of nitrogens with zero attached hydrogens (tertiary/aromatic N) is 2. The predicted octanol–water partition coefficient (Wildman–Crippen LogP) is 2.92. The quantitative estimate of drug-likeness (QED) is 0.683. The summed E-state index contributed by atoms with van der Waals surface area (Å²) in [6.45, 7) is 3.12. The number of benzene rings is 2. The van der Waals surface area contributed by atoms with Gasteiger partial charge in [-0.1, -0.05) is 30.3 Å². The topological polar surface area (TPSA) is 56.2 Å². The van der Waals surface area contributed by atoms with E-state index in [1.165, 1.54) is 0 Å². The van der Waals surface area contributed by atoms with E-state index in [1.54, 1.807) is 0 Å². The first-order valence-corrected chi connectivity index (χ1v) is 7.62. The lowest BCUT2D eigenvalue weighted by Gasteiger charge is -2.14. The minimum atomic E-state index is -0.156. The van der Waals surface area contributed by atoms with Crippen LogP contribution >= 0.6 is 0 Å². The molecule has 1 amide bonds. The maximum atomic E-state index is 10.7. The Morgan fingerprint density at radius 1 is 1.17 bits per heavy atom. The lowest BCUT2D eigenvalue weighted by Crippen LogP contribution is -2.21. The molecule has 0 spiro atoms. The Bertz CT molecular complexity index is 783. The Morgan fingerprint density at radius 2 is 1.91 bits per heavy atom. The largest absolute Gasteiger partial charge is 0.492 e. The number of hydrogen-bond donors (Lipinski definition) is 1. The van der Waals surface area contributed by atoms with Crippen LogP contribution in [0.1, 0.15) is 18.8 Å². The minimum Gasteiger partial charge on any atom is -0.492 e. The van der Waals surface area contributed by atoms with Gasteiger partial charge in [-0.3, -0.25) is 4.79 Å². The van der Waals surface area contributed by atoms with Crippen LogP contribution < -0.4 is 10.1 Å². The number of carbonyl (C=O) groups is 1. The fraction of sp³-hybridized carbons (Fsp3) is 0.222. The molecule has 1 atom stereocenters. The van der Waals surface area contributed by atoms with Crippen LogP contribution in [-0.4, -0.2) is 22.6 Å². The summed E-state index contributed by atoms with van der Waals surface area (Å²) in [6.07, 6.45) is 0.703. The van der Waals surface area contributed by atoms with Gasteiger partial charge in [0.2, 0.25) is 6.41 Å². The number of nitrogens with one attached hydrogen (secondary N) is 1. The normalized spacial score (nSPS) is 12.0. The standard InChI is InChI=1S/C18H19N3O2/c1-14(19-13-22)18-20-16-9-5-6-10-17(16)21(18)11-12-23-15-7-3-2-4-8-15/h2-10,13-14H,11-12H2,1H3,(H,19,22)/t14-/m0/s1. The molecule has 0 unspecified atom stereocenters. The summed E-state index contributed by atoms with van der Waals surface area (Å²) in [7, 11) is 0. The van der Waals surface area contributed by atoms with Crippen molar-refractivity contribution in [3.05, 3.63) is 60.4 Å². The van der Waals surface area contributed by atoms with Crippen LogP contribution in [0.3, 0.4) is 0 Å². The maximum Gasteiger partial charge on any atom is 0.207 e. The van der Waals surface area contributed by atoms with Crippen LogP contribution in [0, 0.1) is 0 Å². The second kappa shape index (κ2) is 6.96. The molecule has 1 aromatic heterocycles. The number of imidazole rings is 1. The van der Waals surface area contributed by atoms with Crippen LogP contribution in [0.15, 0.2) is 54.6 Å². The predicted molar refractivity (Wildman–Crippen MR) is 89.3 cm³/mol. The van der Waals surface area contributed by atoms with E-state index in [4.69, 9.17) is 4.74 Å². The van der Waals surface area contributed by atoms with Crippen LogP contribution in [0.25, 0.3) is 11.0 Å². The van der Waals surface area contributed by atoms with Crippen molar-refractivity contribution in [3.8, 4) is 5.75 Å². The molecule has 0 saturated carbocycles. The summed E-state index contributed by atoms with van der Waals surface area (Å²) < 4.78 is 7.88. The molecular weight excluding hydrogens is 290 g/mol. The molecule has 5 heteroatoms. The molecule has 0 aliphatic rings. The molecule has 23 heavy (non-hydrogen) atoms. The van der Waals surface area contributed by atoms with E-state index in [0.717, 1.165) is 22.6 Å². The van der Waals surface area contributed by atoms with Crippen molar-refractivity contribution in [1.29, 1.82) is 0 Å². The summed E-state index contributed by atoms with van der Waals surface area (Å²) in [5, 5.41) is 2.77. The van der Waals surface area contributed by atoms with E-state index in [-0.39, 0.29) is 6.04 Å². The molecule has 0 aliphatic heterocycles. The maximum absolute atomic E-state index is 10.7. The molecule has 0 fully saturated rings. The number of fused-ring (bicyclic) bond motifs is 1. The average molecular weight is 309 g/mol. The summed E-state index contributed by atoms with van der Waals surface area (Å²) in [4.78, 5) is 15.4. The van der Waals surface area contributed by atoms with Gasteiger partial charge in [0, 0.05) is 0 Å². The van der Waals surface area contributed by atoms with E-state index in [1.807, 2.05) is 61.5 Å². The van der Waals surface area contributed by atoms with Gasteiger partial charge in [0.15, 0.2) is 0 Å². The molecule has 5 nitrogen and oxygen atoms in total. The molecular formula is C18H19N3O2. The van der Waals surface area contributed by atoms with E-state index < -0.39 is 0 Å². The highest BCUT2D eigenvalue weighted by molar-refractivity contribution is 5.76. The van der Waals surface area contributed by atoms with Gasteiger partial charge in [-0.15, -0.1) is 0 Å². The fourth-order valence-corrected chi connectivity index (χ4v) is 2.61. The second-order valence-corrected chi connectivity index (χ2v) is 5.28. The number of aromatic nitrogens is 2. The van der Waals surface area contributed by atoms with Gasteiger partial charge in [0.25, 0.3) is 0 Å². The van der Waals surface area contributed by atoms with Crippen molar-refractivity contribution >= 4 is 17.4 Å². The van der Waals surface area contributed by atoms with Gasteiger partial charge in [-0.25, -0.2) is 4.98 Å². The summed E-state index contributed by atoms with van der Waals surface area (Å²) in [6, 6.07) is 17.5. The van der Waals surface area contributed by atoms with Crippen LogP contribution in [0.2, 0.25) is 0 Å². The number of para-hydroxylation sites is 3. The van der Waals surface area contributed by atoms with E-state index in [0.29, 0.717) is 19.6 Å². The summed E-state index contributed by atoms with van der Waals surface area (Å²) in [5.74, 6) is 1.67. The molecule has 0 bridgehead atoms. The van der Waals surface area contributed by atoms with Crippen molar-refractivity contribution in [2.24, 2.45) is 0 Å². The van der Waals surface area contributed by atoms with E-state index in [9.17, 15) is 4.79 Å². The molecule has 0 radical (unpaired) electrons. The smallest absolute Gasteiger partial charge is 0.207 e. The Morgan fingerprint density at radius 3 is 2.70 bits per heavy atom. The first-order valence-electron chi connectivity index (χ1n) is 7.62. The highest BCUT2D eigenvalue weighted by atomic mass is 16.5. The van der Waals surface area contributed by atoms with Crippen molar-refractivity contribution < 1.29 is 9.53 Å². The highest BCUT2D eigenvalue weighted by Crippen LogP contribution is 2.20. The first-order chi connectivity index (χ1) is 11.3. The van der Waals surface area contributed by atoms with Gasteiger partial charge in [-0.05, 0) is 31.2 Å². The molecule has 3 aromatic rings. The zero-order chi connectivity index (χ0) is 16.1. The van der Waals surface area contributed by atoms with Crippen molar-refractivity contribution in [2.75, 3.05) is 6.61 Å².